The second-order valence-electron chi connectivity index (χ2n) is 28.0. The molecule has 0 aliphatic heterocycles. The number of rotatable bonds is 17. The van der Waals surface area contributed by atoms with Crippen molar-refractivity contribution in [1.29, 1.82) is 0 Å². The van der Waals surface area contributed by atoms with E-state index in [1.807, 2.05) is 0 Å². The summed E-state index contributed by atoms with van der Waals surface area (Å²) in [6.45, 7) is 0. The van der Waals surface area contributed by atoms with Crippen LogP contribution in [0.25, 0.3) is 33.4 Å². The Balaban J connectivity index is 0.651. The Morgan fingerprint density at radius 3 is 0.816 bits per heavy atom. The predicted molar refractivity (Wildman–Crippen MR) is 418 cm³/mol. The van der Waals surface area contributed by atoms with Gasteiger partial charge in [-0.25, -0.2) is 0 Å². The van der Waals surface area contributed by atoms with E-state index in [-0.39, 0.29) is 0 Å². The highest BCUT2D eigenvalue weighted by atomic mass is 16.5. The first-order chi connectivity index (χ1) is 51.0. The van der Waals surface area contributed by atoms with E-state index in [0.717, 1.165) is 129 Å². The van der Waals surface area contributed by atoms with Crippen molar-refractivity contribution >= 4 is 34.1 Å². The van der Waals surface area contributed by atoms with Gasteiger partial charge in [-0.05, 0) is 295 Å². The number of anilines is 6. The molecule has 5 aliphatic carbocycles. The van der Waals surface area contributed by atoms with Gasteiger partial charge in [0.2, 0.25) is 0 Å². The Morgan fingerprint density at radius 2 is 0.476 bits per heavy atom. The van der Waals surface area contributed by atoms with Crippen LogP contribution < -0.4 is 24.0 Å². The molecule has 0 heterocycles. The van der Waals surface area contributed by atoms with Crippen molar-refractivity contribution in [1.82, 2.24) is 0 Å². The highest BCUT2D eigenvalue weighted by Crippen LogP contribution is 2.60. The monoisotopic (exact) mass is 1320 g/mol. The highest BCUT2D eigenvalue weighted by Gasteiger charge is 2.48. The quantitative estimate of drug-likeness (QED) is 0.0908. The summed E-state index contributed by atoms with van der Waals surface area (Å²) in [4.78, 5) is 4.80. The lowest BCUT2D eigenvalue weighted by atomic mass is 9.67. The molecule has 0 saturated carbocycles. The van der Waals surface area contributed by atoms with Crippen LogP contribution in [0.3, 0.4) is 0 Å². The van der Waals surface area contributed by atoms with E-state index in [0.29, 0.717) is 0 Å². The van der Waals surface area contributed by atoms with E-state index in [2.05, 4.69) is 362 Å². The van der Waals surface area contributed by atoms with Crippen molar-refractivity contribution in [3.63, 3.8) is 0 Å². The average molecular weight is 1320 g/mol. The molecule has 0 saturated heterocycles. The smallest absolute Gasteiger partial charge is 0.127 e. The number of hydrogen-bond donors (Lipinski definition) is 0. The summed E-state index contributed by atoms with van der Waals surface area (Å²) in [7, 11) is 0. The summed E-state index contributed by atoms with van der Waals surface area (Å²) >= 11 is 0. The minimum absolute atomic E-state index is 0.623. The third-order valence-electron chi connectivity index (χ3n) is 22.5. The standard InChI is InChI=1S/C98H70N2O3/c1-4-14-73(15-5-1)97(74-37-52-83(53-38-74)101-86-49-34-67-24-27-70(67)60-86)93-22-12-10-20-89(93)91-58-47-81(63-95(91)97)99(77-16-6-2-7-17-77)79-43-30-65(31-44-79)66-32-45-80(46-33-66)100(78-18-8-3-9-19-78)82-48-59-92-90-21-11-13-23-94(90)98(96(92)64-82,75-39-54-84(55-40-75)102-87-50-35-68-25-28-71(68)61-87)76-41-56-85(57-42-76)103-88-51-36-69-26-29-72(69)62-88/h1-23,30-64H,24-29H2. The van der Waals surface area contributed by atoms with Crippen molar-refractivity contribution in [2.24, 2.45) is 0 Å². The number of aryl methyl sites for hydroxylation is 6. The molecule has 15 aromatic carbocycles. The predicted octanol–water partition coefficient (Wildman–Crippen LogP) is 24.7. The van der Waals surface area contributed by atoms with E-state index >= 15 is 0 Å². The fourth-order valence-corrected chi connectivity index (χ4v) is 17.2. The molecule has 0 radical (unpaired) electrons. The fraction of sp³-hybridized carbons (Fsp3) is 0.0816. The Hall–Kier alpha value is -12.7. The summed E-state index contributed by atoms with van der Waals surface area (Å²) in [5, 5.41) is 0. The van der Waals surface area contributed by atoms with Gasteiger partial charge in [0.15, 0.2) is 0 Å². The van der Waals surface area contributed by atoms with Gasteiger partial charge in [-0.15, -0.1) is 0 Å². The Bertz CT molecular complexity index is 5660. The number of hydrogen-bond acceptors (Lipinski definition) is 5. The maximum atomic E-state index is 6.61. The lowest BCUT2D eigenvalue weighted by Crippen LogP contribution is -2.28. The minimum atomic E-state index is -0.718. The zero-order valence-corrected chi connectivity index (χ0v) is 56.8. The van der Waals surface area contributed by atoms with E-state index in [1.54, 1.807) is 0 Å². The molecule has 15 aromatic rings. The second-order valence-corrected chi connectivity index (χ2v) is 28.0. The maximum Gasteiger partial charge on any atom is 0.127 e. The summed E-state index contributed by atoms with van der Waals surface area (Å²) < 4.78 is 19.8. The zero-order chi connectivity index (χ0) is 68.0. The lowest BCUT2D eigenvalue weighted by Gasteiger charge is -2.35. The average Bonchev–Trinajstić information content (AvgIpc) is 1.56. The highest BCUT2D eigenvalue weighted by molar-refractivity contribution is 5.92. The molecule has 1 atom stereocenters. The van der Waals surface area contributed by atoms with Crippen LogP contribution >= 0.6 is 0 Å². The van der Waals surface area contributed by atoms with Crippen molar-refractivity contribution in [3.8, 4) is 67.9 Å². The van der Waals surface area contributed by atoms with Crippen molar-refractivity contribution in [2.75, 3.05) is 9.80 Å². The molecule has 103 heavy (non-hydrogen) atoms. The first-order valence-electron chi connectivity index (χ1n) is 36.1. The summed E-state index contributed by atoms with van der Waals surface area (Å²) in [6, 6.07) is 129. The molecule has 0 spiro atoms. The fourth-order valence-electron chi connectivity index (χ4n) is 17.2. The van der Waals surface area contributed by atoms with Gasteiger partial charge in [0, 0.05) is 34.1 Å². The number of fused-ring (bicyclic) bond motifs is 9. The lowest BCUT2D eigenvalue weighted by molar-refractivity contribution is 0.479. The molecule has 20 rings (SSSR count). The molecular formula is C98H70N2O3. The molecule has 0 fully saturated rings. The normalized spacial score (nSPS) is 14.9. The van der Waals surface area contributed by atoms with Crippen LogP contribution in [0.5, 0.6) is 34.5 Å². The third kappa shape index (κ3) is 10.1. The van der Waals surface area contributed by atoms with Gasteiger partial charge in [-0.1, -0.05) is 206 Å². The van der Waals surface area contributed by atoms with Gasteiger partial charge in [0.1, 0.15) is 34.5 Å². The molecule has 0 N–H and O–H groups in total. The Morgan fingerprint density at radius 1 is 0.194 bits per heavy atom. The van der Waals surface area contributed by atoms with E-state index in [9.17, 15) is 0 Å². The SMILES string of the molecule is c1ccc(N(c2ccc(-c3ccc(N(c4ccccc4)c4ccc5c(c4)C(c4ccc(Oc6ccc7c(c6)CC7)cc4)(c4ccc(Oc6ccc7c(c6)CC7)cc4)c4ccccc4-5)cc3)cc2)c2ccc3c(c2)C(c2ccccc2)(c2ccc(Oc4ccc5c(c4)CC5)cc2)c2ccccc2-3)cc1. The van der Waals surface area contributed by atoms with Gasteiger partial charge in [0.05, 0.1) is 10.8 Å². The molecule has 1 unspecified atom stereocenters. The number of nitrogens with zero attached hydrogens (tertiary/aromatic N) is 2. The van der Waals surface area contributed by atoms with Crippen LogP contribution in [0.15, 0.2) is 352 Å². The number of para-hydroxylation sites is 2. The van der Waals surface area contributed by atoms with Crippen LogP contribution in [-0.4, -0.2) is 0 Å². The van der Waals surface area contributed by atoms with Crippen LogP contribution in [0.1, 0.15) is 77.9 Å². The second kappa shape index (κ2) is 24.6. The molecule has 5 aliphatic rings. The Kier molecular flexibility index (Phi) is 14.4. The van der Waals surface area contributed by atoms with E-state index in [4.69, 9.17) is 14.2 Å². The van der Waals surface area contributed by atoms with Gasteiger partial charge in [-0.3, -0.25) is 0 Å². The summed E-state index contributed by atoms with van der Waals surface area (Å²) in [5.41, 5.74) is 30.1. The third-order valence-corrected chi connectivity index (χ3v) is 22.5. The summed E-state index contributed by atoms with van der Waals surface area (Å²) in [6.07, 6.45) is 6.73. The van der Waals surface area contributed by atoms with Crippen LogP contribution in [0.2, 0.25) is 0 Å². The van der Waals surface area contributed by atoms with Crippen LogP contribution in [0.4, 0.5) is 34.1 Å². The van der Waals surface area contributed by atoms with Gasteiger partial charge in [0.25, 0.3) is 0 Å². The molecule has 0 aromatic heterocycles. The largest absolute Gasteiger partial charge is 0.457 e. The molecule has 5 heteroatoms. The minimum Gasteiger partial charge on any atom is -0.457 e. The van der Waals surface area contributed by atoms with Crippen molar-refractivity contribution in [2.45, 2.75) is 49.4 Å². The molecule has 0 amide bonds. The van der Waals surface area contributed by atoms with Crippen LogP contribution in [0, 0.1) is 0 Å². The van der Waals surface area contributed by atoms with E-state index < -0.39 is 10.8 Å². The van der Waals surface area contributed by atoms with Gasteiger partial charge in [-0.2, -0.15) is 0 Å². The topological polar surface area (TPSA) is 34.2 Å². The number of ether oxygens (including phenoxy) is 3. The number of benzene rings is 15. The van der Waals surface area contributed by atoms with Crippen LogP contribution in [-0.2, 0) is 49.4 Å². The van der Waals surface area contributed by atoms with Gasteiger partial charge < -0.3 is 24.0 Å². The van der Waals surface area contributed by atoms with Gasteiger partial charge >= 0.3 is 0 Å². The Labute approximate surface area is 601 Å². The maximum absolute atomic E-state index is 6.61. The van der Waals surface area contributed by atoms with Crippen molar-refractivity contribution in [3.05, 3.63) is 430 Å². The first-order valence-corrected chi connectivity index (χ1v) is 36.1. The zero-order valence-electron chi connectivity index (χ0n) is 56.8. The first kappa shape index (κ1) is 60.3. The van der Waals surface area contributed by atoms with E-state index in [1.165, 1.54) is 89.0 Å². The molecule has 0 bridgehead atoms. The van der Waals surface area contributed by atoms with Crippen molar-refractivity contribution < 1.29 is 14.2 Å². The molecule has 5 nitrogen and oxygen atoms in total. The molecular weight excluding hydrogens is 1250 g/mol. The summed E-state index contributed by atoms with van der Waals surface area (Å²) in [5.74, 6) is 5.05. The molecule has 490 valence electrons.